The van der Waals surface area contributed by atoms with E-state index in [-0.39, 0.29) is 0 Å². The highest BCUT2D eigenvalue weighted by Gasteiger charge is 2.40. The summed E-state index contributed by atoms with van der Waals surface area (Å²) in [5, 5.41) is 6.06. The summed E-state index contributed by atoms with van der Waals surface area (Å²) >= 11 is 0. The van der Waals surface area contributed by atoms with Crippen molar-refractivity contribution in [1.82, 2.24) is 5.32 Å². The third-order valence-corrected chi connectivity index (χ3v) is 2.52. The van der Waals surface area contributed by atoms with E-state index in [0.717, 1.165) is 0 Å². The zero-order valence-corrected chi connectivity index (χ0v) is 9.37. The molecule has 1 aromatic rings. The van der Waals surface area contributed by atoms with E-state index in [9.17, 15) is 9.59 Å². The van der Waals surface area contributed by atoms with Crippen molar-refractivity contribution in [3.8, 4) is 0 Å². The first-order valence-corrected chi connectivity index (χ1v) is 5.24. The molecule has 2 unspecified atom stereocenters. The number of hydrogen-bond donors (Lipinski definition) is 3. The Labute approximate surface area is 103 Å². The first kappa shape index (κ1) is 11.9. The van der Waals surface area contributed by atoms with E-state index in [0.29, 0.717) is 11.3 Å². The van der Waals surface area contributed by atoms with Crippen LogP contribution in [0.2, 0.25) is 0 Å². The molecule has 0 fully saturated rings. The number of nitrogens with two attached hydrogens (primary N) is 2. The molecule has 1 aromatic carbocycles. The third-order valence-electron chi connectivity index (χ3n) is 2.52. The zero-order chi connectivity index (χ0) is 13.1. The number of benzene rings is 1. The second kappa shape index (κ2) is 4.74. The number of hydrogen-bond acceptors (Lipinski definition) is 4. The van der Waals surface area contributed by atoms with Crippen molar-refractivity contribution in [2.75, 3.05) is 0 Å². The SMILES string of the molecule is NC(=O)NC1ON=C(c2ccccc2)C1C(N)=O. The summed E-state index contributed by atoms with van der Waals surface area (Å²) in [6, 6.07) is 8.15. The average Bonchev–Trinajstić information content (AvgIpc) is 2.73. The first-order chi connectivity index (χ1) is 8.59. The molecular weight excluding hydrogens is 236 g/mol. The fraction of sp³-hybridized carbons (Fsp3) is 0.182. The maximum atomic E-state index is 11.4. The first-order valence-electron chi connectivity index (χ1n) is 5.24. The Hall–Kier alpha value is -2.57. The topological polar surface area (TPSA) is 120 Å². The molecule has 0 bridgehead atoms. The maximum Gasteiger partial charge on any atom is 0.315 e. The predicted molar refractivity (Wildman–Crippen MR) is 63.3 cm³/mol. The molecule has 0 radical (unpaired) electrons. The Kier molecular flexibility index (Phi) is 3.13. The van der Waals surface area contributed by atoms with Crippen LogP contribution in [0.5, 0.6) is 0 Å². The van der Waals surface area contributed by atoms with Gasteiger partial charge in [0.1, 0.15) is 11.6 Å². The fourth-order valence-electron chi connectivity index (χ4n) is 1.75. The van der Waals surface area contributed by atoms with Gasteiger partial charge in [-0.05, 0) is 0 Å². The van der Waals surface area contributed by atoms with Crippen molar-refractivity contribution >= 4 is 17.6 Å². The second-order valence-corrected chi connectivity index (χ2v) is 3.76. The summed E-state index contributed by atoms with van der Waals surface area (Å²) in [7, 11) is 0. The van der Waals surface area contributed by atoms with E-state index < -0.39 is 24.1 Å². The number of carbonyl (C=O) groups is 2. The van der Waals surface area contributed by atoms with Gasteiger partial charge in [-0.1, -0.05) is 35.5 Å². The molecule has 3 amide bonds. The van der Waals surface area contributed by atoms with E-state index in [1.165, 1.54) is 0 Å². The zero-order valence-electron chi connectivity index (χ0n) is 9.37. The number of amides is 3. The number of nitrogens with zero attached hydrogens (tertiary/aromatic N) is 1. The second-order valence-electron chi connectivity index (χ2n) is 3.76. The lowest BCUT2D eigenvalue weighted by Gasteiger charge is -2.15. The number of urea groups is 1. The van der Waals surface area contributed by atoms with Crippen LogP contribution >= 0.6 is 0 Å². The van der Waals surface area contributed by atoms with Crippen LogP contribution in [-0.4, -0.2) is 23.9 Å². The molecule has 0 aromatic heterocycles. The lowest BCUT2D eigenvalue weighted by Crippen LogP contribution is -2.48. The molecule has 1 aliphatic rings. The fourth-order valence-corrected chi connectivity index (χ4v) is 1.75. The van der Waals surface area contributed by atoms with Gasteiger partial charge in [0, 0.05) is 5.56 Å². The molecule has 7 nitrogen and oxygen atoms in total. The molecule has 7 heteroatoms. The van der Waals surface area contributed by atoms with Crippen LogP contribution in [0.25, 0.3) is 0 Å². The minimum absolute atomic E-state index is 0.377. The Morgan fingerprint density at radius 3 is 2.44 bits per heavy atom. The molecule has 1 aliphatic heterocycles. The number of rotatable bonds is 3. The van der Waals surface area contributed by atoms with Crippen LogP contribution in [0.15, 0.2) is 35.5 Å². The Balaban J connectivity index is 2.27. The standard InChI is InChI=1S/C11H12N4O3/c12-9(16)7-8(6-4-2-1-3-5-6)15-18-10(7)14-11(13)17/h1-5,7,10H,(H2,12,16)(H3,13,14,17). The van der Waals surface area contributed by atoms with Gasteiger partial charge in [-0.15, -0.1) is 0 Å². The minimum atomic E-state index is -0.963. The van der Waals surface area contributed by atoms with Crippen LogP contribution in [0.3, 0.4) is 0 Å². The molecule has 5 N–H and O–H groups in total. The molecule has 18 heavy (non-hydrogen) atoms. The lowest BCUT2D eigenvalue weighted by atomic mass is 9.95. The Morgan fingerprint density at radius 2 is 1.89 bits per heavy atom. The van der Waals surface area contributed by atoms with Gasteiger partial charge in [0.05, 0.1) is 0 Å². The van der Waals surface area contributed by atoms with Crippen molar-refractivity contribution in [2.45, 2.75) is 6.23 Å². The number of carbonyl (C=O) groups excluding carboxylic acids is 2. The minimum Gasteiger partial charge on any atom is -0.369 e. The Morgan fingerprint density at radius 1 is 1.22 bits per heavy atom. The van der Waals surface area contributed by atoms with Gasteiger partial charge in [0.25, 0.3) is 0 Å². The highest BCUT2D eigenvalue weighted by atomic mass is 16.7. The molecule has 2 rings (SSSR count). The largest absolute Gasteiger partial charge is 0.369 e. The van der Waals surface area contributed by atoms with Crippen LogP contribution in [0, 0.1) is 5.92 Å². The monoisotopic (exact) mass is 248 g/mol. The van der Waals surface area contributed by atoms with Crippen LogP contribution in [0.4, 0.5) is 4.79 Å². The van der Waals surface area contributed by atoms with Gasteiger partial charge in [-0.25, -0.2) is 4.79 Å². The van der Waals surface area contributed by atoms with Gasteiger partial charge in [0.2, 0.25) is 12.1 Å². The van der Waals surface area contributed by atoms with Gasteiger partial charge in [-0.2, -0.15) is 0 Å². The lowest BCUT2D eigenvalue weighted by molar-refractivity contribution is -0.122. The number of nitrogens with one attached hydrogen (secondary N) is 1. The van der Waals surface area contributed by atoms with Crippen molar-refractivity contribution in [1.29, 1.82) is 0 Å². The van der Waals surface area contributed by atoms with E-state index >= 15 is 0 Å². The maximum absolute atomic E-state index is 11.4. The predicted octanol–water partition coefficient (Wildman–Crippen LogP) is -0.483. The van der Waals surface area contributed by atoms with Gasteiger partial charge in [0.15, 0.2) is 0 Å². The Bertz CT molecular complexity index is 500. The quantitative estimate of drug-likeness (QED) is 0.669. The van der Waals surface area contributed by atoms with Crippen molar-refractivity contribution in [2.24, 2.45) is 22.5 Å². The molecule has 0 saturated heterocycles. The molecular formula is C11H12N4O3. The van der Waals surface area contributed by atoms with E-state index in [1.807, 2.05) is 6.07 Å². The summed E-state index contributed by atoms with van der Waals surface area (Å²) in [5.74, 6) is -1.51. The van der Waals surface area contributed by atoms with Gasteiger partial charge < -0.3 is 16.3 Å². The van der Waals surface area contributed by atoms with Gasteiger partial charge >= 0.3 is 6.03 Å². The van der Waals surface area contributed by atoms with Crippen molar-refractivity contribution in [3.63, 3.8) is 0 Å². The molecule has 0 saturated carbocycles. The summed E-state index contributed by atoms with van der Waals surface area (Å²) < 4.78 is 0. The summed E-state index contributed by atoms with van der Waals surface area (Å²) in [5.41, 5.74) is 11.4. The van der Waals surface area contributed by atoms with Crippen molar-refractivity contribution < 1.29 is 14.4 Å². The number of primary amides is 2. The molecule has 0 aliphatic carbocycles. The molecule has 94 valence electrons. The highest BCUT2D eigenvalue weighted by molar-refractivity contribution is 6.13. The van der Waals surface area contributed by atoms with Crippen LogP contribution < -0.4 is 16.8 Å². The number of oxime groups is 1. The van der Waals surface area contributed by atoms with E-state index in [4.69, 9.17) is 16.3 Å². The third kappa shape index (κ3) is 2.24. The summed E-state index contributed by atoms with van der Waals surface area (Å²) in [6.07, 6.45) is -0.963. The van der Waals surface area contributed by atoms with Crippen LogP contribution in [0.1, 0.15) is 5.56 Å². The normalized spacial score (nSPS) is 21.9. The molecule has 0 spiro atoms. The molecule has 1 heterocycles. The highest BCUT2D eigenvalue weighted by Crippen LogP contribution is 2.21. The average molecular weight is 248 g/mol. The molecule has 2 atom stereocenters. The van der Waals surface area contributed by atoms with Crippen molar-refractivity contribution in [3.05, 3.63) is 35.9 Å². The van der Waals surface area contributed by atoms with E-state index in [2.05, 4.69) is 10.5 Å². The van der Waals surface area contributed by atoms with E-state index in [1.54, 1.807) is 24.3 Å². The summed E-state index contributed by atoms with van der Waals surface area (Å²) in [4.78, 5) is 27.2. The summed E-state index contributed by atoms with van der Waals surface area (Å²) in [6.45, 7) is 0. The smallest absolute Gasteiger partial charge is 0.315 e. The van der Waals surface area contributed by atoms with Crippen LogP contribution in [-0.2, 0) is 9.63 Å². The van der Waals surface area contributed by atoms with Gasteiger partial charge in [-0.3, -0.25) is 10.1 Å².